The normalized spacial score (nSPS) is 14.0. The van der Waals surface area contributed by atoms with Crippen LogP contribution in [0.4, 0.5) is 5.69 Å². The summed E-state index contributed by atoms with van der Waals surface area (Å²) in [4.78, 5) is 34.8. The van der Waals surface area contributed by atoms with E-state index in [1.807, 2.05) is 0 Å². The molecule has 2 aromatic rings. The van der Waals surface area contributed by atoms with Gasteiger partial charge in [0.25, 0.3) is 11.8 Å². The first kappa shape index (κ1) is 17.4. The number of carbonyl (C=O) groups is 3. The number of carboxylic acids is 1. The van der Waals surface area contributed by atoms with E-state index in [1.165, 1.54) is 6.08 Å². The molecule has 130 valence electrons. The Morgan fingerprint density at radius 3 is 2.27 bits per heavy atom. The summed E-state index contributed by atoms with van der Waals surface area (Å²) in [7, 11) is 0. The zero-order chi connectivity index (χ0) is 18.7. The molecule has 26 heavy (non-hydrogen) atoms. The second-order valence-corrected chi connectivity index (χ2v) is 5.90. The number of hydrogen-bond acceptors (Lipinski definition) is 4. The molecule has 0 aromatic heterocycles. The van der Waals surface area contributed by atoms with Crippen molar-refractivity contribution >= 4 is 46.7 Å². The summed E-state index contributed by atoms with van der Waals surface area (Å²) in [6, 6.07) is 13.4. The predicted octanol–water partition coefficient (Wildman–Crippen LogP) is 2.92. The maximum Gasteiger partial charge on any atom is 0.328 e. The third kappa shape index (κ3) is 3.81. The number of carboxylic acid groups (broad SMARTS) is 1. The molecule has 2 amide bonds. The molecule has 0 bridgehead atoms. The van der Waals surface area contributed by atoms with E-state index in [0.717, 1.165) is 6.08 Å². The fourth-order valence-corrected chi connectivity index (χ4v) is 2.58. The highest BCUT2D eigenvalue weighted by Gasteiger charge is 2.31. The molecule has 6 nitrogen and oxygen atoms in total. The number of anilines is 1. The summed E-state index contributed by atoms with van der Waals surface area (Å²) in [5.74, 6) is -2.04. The molecule has 0 saturated heterocycles. The van der Waals surface area contributed by atoms with E-state index in [0.29, 0.717) is 21.8 Å². The van der Waals surface area contributed by atoms with Gasteiger partial charge >= 0.3 is 5.97 Å². The first-order valence-electron chi connectivity index (χ1n) is 7.58. The van der Waals surface area contributed by atoms with Crippen molar-refractivity contribution < 1.29 is 19.5 Å². The Bertz CT molecular complexity index is 945. The van der Waals surface area contributed by atoms with Crippen molar-refractivity contribution in [3.05, 3.63) is 76.5 Å². The molecule has 0 spiro atoms. The lowest BCUT2D eigenvalue weighted by Crippen LogP contribution is -2.24. The average Bonchev–Trinajstić information content (AvgIpc) is 2.88. The van der Waals surface area contributed by atoms with Crippen LogP contribution in [0.25, 0.3) is 11.6 Å². The van der Waals surface area contributed by atoms with Crippen molar-refractivity contribution in [2.24, 2.45) is 0 Å². The molecule has 1 aliphatic heterocycles. The average molecular weight is 369 g/mol. The topological polar surface area (TPSA) is 95.5 Å². The van der Waals surface area contributed by atoms with Gasteiger partial charge in [0, 0.05) is 16.8 Å². The number of halogens is 1. The van der Waals surface area contributed by atoms with Crippen LogP contribution in [0, 0.1) is 0 Å². The first-order valence-corrected chi connectivity index (χ1v) is 7.96. The molecule has 0 aliphatic carbocycles. The van der Waals surface area contributed by atoms with Crippen molar-refractivity contribution in [1.29, 1.82) is 0 Å². The molecule has 7 heteroatoms. The highest BCUT2D eigenvalue weighted by Crippen LogP contribution is 2.26. The summed E-state index contributed by atoms with van der Waals surface area (Å²) >= 11 is 5.87. The Morgan fingerprint density at radius 2 is 1.65 bits per heavy atom. The SMILES string of the molecule is O=C(O)C=Cc1ccc(NC2=C(c3ccc(Cl)cc3)C(=O)NC2=O)cc1. The van der Waals surface area contributed by atoms with Gasteiger partial charge in [-0.3, -0.25) is 14.9 Å². The molecule has 1 aliphatic rings. The Morgan fingerprint density at radius 1 is 1.00 bits per heavy atom. The minimum Gasteiger partial charge on any atom is -0.478 e. The van der Waals surface area contributed by atoms with E-state index in [-0.39, 0.29) is 11.3 Å². The van der Waals surface area contributed by atoms with Gasteiger partial charge in [-0.1, -0.05) is 35.9 Å². The van der Waals surface area contributed by atoms with Crippen molar-refractivity contribution in [2.45, 2.75) is 0 Å². The zero-order valence-electron chi connectivity index (χ0n) is 13.3. The molecular formula is C19H13ClN2O4. The number of rotatable bonds is 5. The Balaban J connectivity index is 1.90. The zero-order valence-corrected chi connectivity index (χ0v) is 14.1. The minimum absolute atomic E-state index is 0.145. The van der Waals surface area contributed by atoms with Gasteiger partial charge in [-0.15, -0.1) is 0 Å². The van der Waals surface area contributed by atoms with Gasteiger partial charge in [-0.25, -0.2) is 4.79 Å². The summed E-state index contributed by atoms with van der Waals surface area (Å²) in [5.41, 5.74) is 2.23. The lowest BCUT2D eigenvalue weighted by Gasteiger charge is -2.08. The van der Waals surface area contributed by atoms with Gasteiger partial charge in [0.2, 0.25) is 0 Å². The van der Waals surface area contributed by atoms with Crippen molar-refractivity contribution in [2.75, 3.05) is 5.32 Å². The van der Waals surface area contributed by atoms with E-state index in [1.54, 1.807) is 48.5 Å². The van der Waals surface area contributed by atoms with Crippen molar-refractivity contribution in [3.63, 3.8) is 0 Å². The molecule has 0 saturated carbocycles. The van der Waals surface area contributed by atoms with Gasteiger partial charge in [-0.05, 0) is 41.5 Å². The minimum atomic E-state index is -1.04. The van der Waals surface area contributed by atoms with Crippen LogP contribution in [0.3, 0.4) is 0 Å². The third-order valence-electron chi connectivity index (χ3n) is 3.66. The fraction of sp³-hybridized carbons (Fsp3) is 0. The van der Waals surface area contributed by atoms with Crippen LogP contribution in [0.1, 0.15) is 11.1 Å². The molecule has 0 fully saturated rings. The van der Waals surface area contributed by atoms with E-state index in [9.17, 15) is 14.4 Å². The number of hydrogen-bond donors (Lipinski definition) is 3. The summed E-state index contributed by atoms with van der Waals surface area (Å²) in [6.07, 6.45) is 2.49. The smallest absolute Gasteiger partial charge is 0.328 e. The van der Waals surface area contributed by atoms with Crippen LogP contribution in [0.2, 0.25) is 5.02 Å². The Labute approximate surface area is 153 Å². The molecule has 0 atom stereocenters. The maximum absolute atomic E-state index is 12.1. The maximum atomic E-state index is 12.1. The van der Waals surface area contributed by atoms with Gasteiger partial charge in [-0.2, -0.15) is 0 Å². The third-order valence-corrected chi connectivity index (χ3v) is 3.91. The molecule has 1 heterocycles. The first-order chi connectivity index (χ1) is 12.4. The van der Waals surface area contributed by atoms with Crippen LogP contribution in [0.5, 0.6) is 0 Å². The lowest BCUT2D eigenvalue weighted by atomic mass is 10.0. The van der Waals surface area contributed by atoms with Gasteiger partial charge < -0.3 is 10.4 Å². The molecule has 3 N–H and O–H groups in total. The monoisotopic (exact) mass is 368 g/mol. The second-order valence-electron chi connectivity index (χ2n) is 5.46. The number of benzene rings is 2. The lowest BCUT2D eigenvalue weighted by molar-refractivity contribution is -0.131. The van der Waals surface area contributed by atoms with E-state index >= 15 is 0 Å². The van der Waals surface area contributed by atoms with Crippen molar-refractivity contribution in [1.82, 2.24) is 5.32 Å². The number of imide groups is 1. The van der Waals surface area contributed by atoms with Crippen molar-refractivity contribution in [3.8, 4) is 0 Å². The van der Waals surface area contributed by atoms with Gasteiger partial charge in [0.1, 0.15) is 5.70 Å². The largest absolute Gasteiger partial charge is 0.478 e. The van der Waals surface area contributed by atoms with E-state index < -0.39 is 17.8 Å². The standard InChI is InChI=1S/C19H13ClN2O4/c20-13-6-4-12(5-7-13)16-17(19(26)22-18(16)25)21-14-8-1-11(2-9-14)3-10-15(23)24/h1-10H,(H,23,24)(H2,21,22,25,26). The van der Waals surface area contributed by atoms with Crippen LogP contribution in [-0.4, -0.2) is 22.9 Å². The van der Waals surface area contributed by atoms with Crippen LogP contribution in [0.15, 0.2) is 60.3 Å². The number of aliphatic carboxylic acids is 1. The van der Waals surface area contributed by atoms with E-state index in [2.05, 4.69) is 10.6 Å². The van der Waals surface area contributed by atoms with Crippen LogP contribution in [-0.2, 0) is 14.4 Å². The number of carbonyl (C=O) groups excluding carboxylic acids is 2. The molecular weight excluding hydrogens is 356 g/mol. The second kappa shape index (κ2) is 7.25. The molecule has 0 unspecified atom stereocenters. The van der Waals surface area contributed by atoms with Crippen LogP contribution >= 0.6 is 11.6 Å². The molecule has 0 radical (unpaired) electrons. The summed E-state index contributed by atoms with van der Waals surface area (Å²) < 4.78 is 0. The highest BCUT2D eigenvalue weighted by molar-refractivity contribution is 6.37. The molecule has 3 rings (SSSR count). The Kier molecular flexibility index (Phi) is 4.86. The summed E-state index contributed by atoms with van der Waals surface area (Å²) in [5, 5.41) is 14.4. The number of amides is 2. The predicted molar refractivity (Wildman–Crippen MR) is 98.3 cm³/mol. The van der Waals surface area contributed by atoms with Gasteiger partial charge in [0.05, 0.1) is 5.57 Å². The summed E-state index contributed by atoms with van der Waals surface area (Å²) in [6.45, 7) is 0. The quantitative estimate of drug-likeness (QED) is 0.557. The fourth-order valence-electron chi connectivity index (χ4n) is 2.46. The highest BCUT2D eigenvalue weighted by atomic mass is 35.5. The number of nitrogens with one attached hydrogen (secondary N) is 2. The molecule has 2 aromatic carbocycles. The van der Waals surface area contributed by atoms with Crippen LogP contribution < -0.4 is 10.6 Å². The van der Waals surface area contributed by atoms with E-state index in [4.69, 9.17) is 16.7 Å². The Hall–Kier alpha value is -3.38. The van der Waals surface area contributed by atoms with Gasteiger partial charge in [0.15, 0.2) is 0 Å².